The Hall–Kier alpha value is -3.95. The van der Waals surface area contributed by atoms with Crippen LogP contribution in [0.3, 0.4) is 0 Å². The SMILES string of the molecule is CCOC(=O)CCCN1c2cc3c(cc2C(C)=CC1(C)C)N=c1cc2c(cc1C3(C)O)=[N+](Cc1ccc(S(=O)(=O)O)cc1S(=O)(=O)O)CCC2. The monoisotopic (exact) mass is 724 g/mol. The number of rotatable bonds is 9. The lowest BCUT2D eigenvalue weighted by molar-refractivity contribution is -0.143. The maximum absolute atomic E-state index is 12.3. The molecule has 0 amide bonds. The summed E-state index contributed by atoms with van der Waals surface area (Å²) in [4.78, 5) is 18.1. The average Bonchev–Trinajstić information content (AvgIpc) is 3.01. The minimum Gasteiger partial charge on any atom is -0.466 e. The van der Waals surface area contributed by atoms with Gasteiger partial charge in [0.05, 0.1) is 28.1 Å². The fourth-order valence-electron chi connectivity index (χ4n) is 7.51. The molecule has 0 saturated heterocycles. The van der Waals surface area contributed by atoms with Crippen LogP contribution in [0.25, 0.3) is 5.57 Å². The molecule has 3 aliphatic heterocycles. The number of fused-ring (bicyclic) bond motifs is 4. The molecule has 0 bridgehead atoms. The van der Waals surface area contributed by atoms with Gasteiger partial charge in [0.1, 0.15) is 17.0 Å². The van der Waals surface area contributed by atoms with Crippen molar-refractivity contribution in [3.05, 3.63) is 87.1 Å². The van der Waals surface area contributed by atoms with Gasteiger partial charge in [-0.3, -0.25) is 13.9 Å². The molecule has 50 heavy (non-hydrogen) atoms. The van der Waals surface area contributed by atoms with Crippen LogP contribution in [-0.4, -0.2) is 62.3 Å². The zero-order chi connectivity index (χ0) is 36.4. The number of aliphatic hydroxyl groups is 1. The standard InChI is InChI=1S/C36H41N3O9S2/c1-6-48-34(40)10-8-14-39-32-19-28-30(17-26(32)22(2)20-35(39,3)4)37-29-15-23-9-7-13-38(31(23)18-27(29)36(28,5)41)21-24-11-12-25(49(42,43)44)16-33(24)50(45,46)47/h11-12,15-20,41H,6-10,13-14,21H2,1-5H3,(H-,42,43,44,45,46,47)/p+1. The Bertz CT molecular complexity index is 2310. The lowest BCUT2D eigenvalue weighted by Crippen LogP contribution is -2.46. The van der Waals surface area contributed by atoms with E-state index in [0.29, 0.717) is 54.7 Å². The summed E-state index contributed by atoms with van der Waals surface area (Å²) in [5.74, 6) is -0.236. The quantitative estimate of drug-likeness (QED) is 0.168. The highest BCUT2D eigenvalue weighted by atomic mass is 32.2. The van der Waals surface area contributed by atoms with Crippen molar-refractivity contribution in [2.75, 3.05) is 24.6 Å². The van der Waals surface area contributed by atoms with Gasteiger partial charge in [0.15, 0.2) is 6.54 Å². The van der Waals surface area contributed by atoms with Gasteiger partial charge in [-0.25, -0.2) is 9.57 Å². The molecule has 3 aromatic rings. The van der Waals surface area contributed by atoms with E-state index in [2.05, 4.69) is 31.7 Å². The molecule has 3 aromatic carbocycles. The molecule has 0 aliphatic carbocycles. The third-order valence-electron chi connectivity index (χ3n) is 9.84. The van der Waals surface area contributed by atoms with E-state index >= 15 is 0 Å². The molecule has 3 heterocycles. The molecule has 266 valence electrons. The van der Waals surface area contributed by atoms with Crippen LogP contribution in [0.15, 0.2) is 63.3 Å². The first-order valence-electron chi connectivity index (χ1n) is 16.6. The molecule has 6 rings (SSSR count). The van der Waals surface area contributed by atoms with E-state index in [1.165, 1.54) is 6.07 Å². The van der Waals surface area contributed by atoms with E-state index in [9.17, 15) is 35.8 Å². The van der Waals surface area contributed by atoms with Gasteiger partial charge in [-0.2, -0.15) is 16.8 Å². The van der Waals surface area contributed by atoms with Crippen LogP contribution in [0.4, 0.5) is 11.4 Å². The highest BCUT2D eigenvalue weighted by Crippen LogP contribution is 2.46. The smallest absolute Gasteiger partial charge is 0.305 e. The minimum atomic E-state index is -4.84. The highest BCUT2D eigenvalue weighted by molar-refractivity contribution is 7.86. The van der Waals surface area contributed by atoms with E-state index in [1.807, 2.05) is 28.8 Å². The molecular weight excluding hydrogens is 683 g/mol. The largest absolute Gasteiger partial charge is 0.466 e. The van der Waals surface area contributed by atoms with Crippen LogP contribution < -0.4 is 20.2 Å². The normalized spacial score (nSPS) is 19.4. The second kappa shape index (κ2) is 12.7. The summed E-state index contributed by atoms with van der Waals surface area (Å²) in [5.41, 5.74) is 4.14. The van der Waals surface area contributed by atoms with Gasteiger partial charge in [-0.15, -0.1) is 0 Å². The van der Waals surface area contributed by atoms with E-state index < -0.39 is 35.6 Å². The van der Waals surface area contributed by atoms with Crippen molar-refractivity contribution in [2.24, 2.45) is 4.99 Å². The summed E-state index contributed by atoms with van der Waals surface area (Å²) in [6, 6.07) is 10.9. The Morgan fingerprint density at radius 3 is 2.44 bits per heavy atom. The van der Waals surface area contributed by atoms with E-state index in [-0.39, 0.29) is 23.6 Å². The minimum absolute atomic E-state index is 0.0114. The molecular formula is C36H42N3O9S2+. The van der Waals surface area contributed by atoms with Gasteiger partial charge in [-0.05, 0) is 89.4 Å². The summed E-state index contributed by atoms with van der Waals surface area (Å²) >= 11 is 0. The van der Waals surface area contributed by atoms with Gasteiger partial charge < -0.3 is 14.7 Å². The molecule has 1 atom stereocenters. The van der Waals surface area contributed by atoms with Crippen LogP contribution in [-0.2, 0) is 48.3 Å². The summed E-state index contributed by atoms with van der Waals surface area (Å²) in [5, 5.41) is 13.7. The van der Waals surface area contributed by atoms with E-state index in [4.69, 9.17) is 9.73 Å². The maximum atomic E-state index is 12.3. The first kappa shape index (κ1) is 35.9. The summed E-state index contributed by atoms with van der Waals surface area (Å²) < 4.78 is 74.5. The number of carbonyl (C=O) groups is 1. The van der Waals surface area contributed by atoms with Crippen molar-refractivity contribution in [1.29, 1.82) is 0 Å². The second-order valence-electron chi connectivity index (χ2n) is 13.9. The topological polar surface area (TPSA) is 174 Å². The molecule has 1 unspecified atom stereocenters. The molecule has 0 aromatic heterocycles. The van der Waals surface area contributed by atoms with Crippen molar-refractivity contribution in [2.45, 2.75) is 87.8 Å². The number of nitrogens with zero attached hydrogens (tertiary/aromatic N) is 3. The van der Waals surface area contributed by atoms with E-state index in [0.717, 1.165) is 52.7 Å². The number of hydrogen-bond donors (Lipinski definition) is 3. The number of carbonyl (C=O) groups excluding carboxylic acids is 1. The summed E-state index contributed by atoms with van der Waals surface area (Å²) in [6.07, 6.45) is 4.55. The van der Waals surface area contributed by atoms with Crippen LogP contribution in [0.5, 0.6) is 0 Å². The lowest BCUT2D eigenvalue weighted by Gasteiger charge is -2.44. The molecule has 0 spiro atoms. The Morgan fingerprint density at radius 1 is 1.02 bits per heavy atom. The Labute approximate surface area is 291 Å². The van der Waals surface area contributed by atoms with E-state index in [1.54, 1.807) is 13.8 Å². The first-order chi connectivity index (χ1) is 23.3. The highest BCUT2D eigenvalue weighted by Gasteiger charge is 2.39. The van der Waals surface area contributed by atoms with Crippen LogP contribution in [0, 0.1) is 0 Å². The van der Waals surface area contributed by atoms with Crippen LogP contribution in [0.2, 0.25) is 0 Å². The second-order valence-corrected chi connectivity index (χ2v) is 16.7. The first-order valence-corrected chi connectivity index (χ1v) is 19.4. The maximum Gasteiger partial charge on any atom is 0.305 e. The van der Waals surface area contributed by atoms with Crippen LogP contribution in [0.1, 0.15) is 81.7 Å². The molecule has 0 radical (unpaired) electrons. The van der Waals surface area contributed by atoms with Crippen molar-refractivity contribution < 1.29 is 40.6 Å². The number of aryl methyl sites for hydroxylation is 1. The van der Waals surface area contributed by atoms with Gasteiger partial charge in [0.25, 0.3) is 20.2 Å². The number of allylic oxidation sites excluding steroid dienone is 1. The predicted octanol–water partition coefficient (Wildman–Crippen LogP) is 3.68. The number of hydrogen-bond acceptors (Lipinski definition) is 9. The average molecular weight is 725 g/mol. The molecule has 14 heteroatoms. The molecule has 0 fully saturated rings. The van der Waals surface area contributed by atoms with Crippen LogP contribution >= 0.6 is 0 Å². The number of benzene rings is 3. The number of ether oxygens (including phenoxy) is 1. The Kier molecular flexibility index (Phi) is 9.09. The third-order valence-corrected chi connectivity index (χ3v) is 11.6. The van der Waals surface area contributed by atoms with Gasteiger partial charge in [0.2, 0.25) is 5.36 Å². The van der Waals surface area contributed by atoms with Gasteiger partial charge >= 0.3 is 5.97 Å². The van der Waals surface area contributed by atoms with Crippen molar-refractivity contribution >= 4 is 43.2 Å². The van der Waals surface area contributed by atoms with Crippen molar-refractivity contribution in [3.8, 4) is 0 Å². The molecule has 0 saturated carbocycles. The summed E-state index contributed by atoms with van der Waals surface area (Å²) in [6.45, 7) is 11.3. The Balaban J connectivity index is 1.45. The van der Waals surface area contributed by atoms with Gasteiger partial charge in [-0.1, -0.05) is 6.08 Å². The number of esters is 1. The molecule has 12 nitrogen and oxygen atoms in total. The summed E-state index contributed by atoms with van der Waals surface area (Å²) in [7, 11) is -9.55. The third kappa shape index (κ3) is 6.62. The van der Waals surface area contributed by atoms with Crippen molar-refractivity contribution in [1.82, 2.24) is 4.58 Å². The van der Waals surface area contributed by atoms with Crippen molar-refractivity contribution in [3.63, 3.8) is 0 Å². The zero-order valence-electron chi connectivity index (χ0n) is 28.7. The lowest BCUT2D eigenvalue weighted by atomic mass is 9.80. The predicted molar refractivity (Wildman–Crippen MR) is 187 cm³/mol. The Morgan fingerprint density at radius 2 is 1.76 bits per heavy atom. The fraction of sp³-hybridized carbons (Fsp3) is 0.417. The number of anilines is 1. The zero-order valence-corrected chi connectivity index (χ0v) is 30.4. The molecule has 3 aliphatic rings. The fourth-order valence-corrected chi connectivity index (χ4v) is 8.83. The van der Waals surface area contributed by atoms with Gasteiger partial charge in [0, 0.05) is 59.0 Å². The molecule has 3 N–H and O–H groups in total.